The minimum atomic E-state index is -2.45. The van der Waals surface area contributed by atoms with Crippen LogP contribution < -0.4 is 20.9 Å². The highest BCUT2D eigenvalue weighted by Crippen LogP contribution is 2.10. The van der Waals surface area contributed by atoms with Crippen LogP contribution in [-0.4, -0.2) is 13.1 Å². The maximum absolute atomic E-state index is 4.89. The third kappa shape index (κ3) is 2.94. The van der Waals surface area contributed by atoms with Gasteiger partial charge in [0.05, 0.1) is 0 Å². The molecule has 4 rings (SSSR count). The van der Waals surface area contributed by atoms with E-state index >= 15 is 0 Å². The number of benzene rings is 3. The Balaban J connectivity index is 2.12. The smallest absolute Gasteiger partial charge is 0.201 e. The fourth-order valence-electron chi connectivity index (χ4n) is 3.61. The van der Waals surface area contributed by atoms with E-state index in [1.807, 2.05) is 6.20 Å². The Morgan fingerprint density at radius 1 is 0.538 bits per heavy atom. The highest BCUT2D eigenvalue weighted by atomic mass is 79.9. The predicted octanol–water partition coefficient (Wildman–Crippen LogP) is 3.22. The summed E-state index contributed by atoms with van der Waals surface area (Å²) in [5.74, 6) is 0. The molecule has 0 aliphatic heterocycles. The highest BCUT2D eigenvalue weighted by molar-refractivity contribution is 9.10. The van der Waals surface area contributed by atoms with Crippen LogP contribution in [-0.2, 0) is 0 Å². The van der Waals surface area contributed by atoms with Gasteiger partial charge in [0.25, 0.3) is 0 Å². The lowest BCUT2D eigenvalue weighted by Crippen LogP contribution is -2.75. The van der Waals surface area contributed by atoms with Crippen LogP contribution in [0.15, 0.2) is 114 Å². The first-order chi connectivity index (χ1) is 12.8. The van der Waals surface area contributed by atoms with E-state index in [-0.39, 0.29) is 0 Å². The second kappa shape index (κ2) is 7.40. The van der Waals surface area contributed by atoms with Crippen LogP contribution >= 0.6 is 15.9 Å². The van der Waals surface area contributed by atoms with Crippen molar-refractivity contribution < 1.29 is 0 Å². The van der Waals surface area contributed by atoms with Crippen LogP contribution in [0, 0.1) is 0 Å². The summed E-state index contributed by atoms with van der Waals surface area (Å²) in [6.45, 7) is 0. The lowest BCUT2D eigenvalue weighted by Gasteiger charge is -2.33. The van der Waals surface area contributed by atoms with Crippen molar-refractivity contribution in [1.29, 1.82) is 0 Å². The number of halogens is 1. The minimum Gasteiger partial charge on any atom is -0.264 e. The topological polar surface area (TPSA) is 12.9 Å². The first kappa shape index (κ1) is 16.9. The van der Waals surface area contributed by atoms with Gasteiger partial charge in [-0.2, -0.15) is 0 Å². The van der Waals surface area contributed by atoms with Crippen molar-refractivity contribution in [2.75, 3.05) is 0 Å². The Hall–Kier alpha value is -2.49. The third-order valence-electron chi connectivity index (χ3n) is 4.73. The summed E-state index contributed by atoms with van der Waals surface area (Å²) >= 11 is 3.53. The predicted molar refractivity (Wildman–Crippen MR) is 116 cm³/mol. The fraction of sp³-hybridized carbons (Fsp3) is 0. The Morgan fingerprint density at radius 2 is 0.962 bits per heavy atom. The molecule has 0 amide bonds. The van der Waals surface area contributed by atoms with E-state index < -0.39 is 8.07 Å². The quantitative estimate of drug-likeness (QED) is 0.368. The maximum atomic E-state index is 4.89. The van der Waals surface area contributed by atoms with Gasteiger partial charge in [0.15, 0.2) is 0 Å². The van der Waals surface area contributed by atoms with Crippen LogP contribution in [0.4, 0.5) is 0 Å². The summed E-state index contributed by atoms with van der Waals surface area (Å²) in [5.41, 5.74) is 0. The maximum Gasteiger partial charge on any atom is 0.201 e. The van der Waals surface area contributed by atoms with Gasteiger partial charge in [0, 0.05) is 16.0 Å². The third-order valence-corrected chi connectivity index (χ3v) is 9.86. The molecule has 1 heterocycles. The van der Waals surface area contributed by atoms with Gasteiger partial charge in [-0.05, 0) is 43.6 Å². The molecule has 0 saturated heterocycles. The number of pyridine rings is 1. The van der Waals surface area contributed by atoms with Gasteiger partial charge >= 0.3 is 0 Å². The van der Waals surface area contributed by atoms with Gasteiger partial charge in [-0.3, -0.25) is 4.98 Å². The molecule has 4 aromatic rings. The van der Waals surface area contributed by atoms with E-state index in [9.17, 15) is 0 Å². The Morgan fingerprint density at radius 3 is 1.31 bits per heavy atom. The van der Waals surface area contributed by atoms with Crippen LogP contribution in [0.1, 0.15) is 0 Å². The van der Waals surface area contributed by atoms with Crippen LogP contribution in [0.3, 0.4) is 0 Å². The van der Waals surface area contributed by atoms with Gasteiger partial charge in [0.2, 0.25) is 8.07 Å². The zero-order valence-corrected chi connectivity index (χ0v) is 16.8. The molecule has 3 heteroatoms. The summed E-state index contributed by atoms with van der Waals surface area (Å²) < 4.78 is 0.998. The molecule has 126 valence electrons. The van der Waals surface area contributed by atoms with E-state index in [0.29, 0.717) is 0 Å². The molecule has 0 bridgehead atoms. The Labute approximate surface area is 163 Å². The molecule has 0 saturated carbocycles. The summed E-state index contributed by atoms with van der Waals surface area (Å²) in [5, 5.41) is 5.16. The van der Waals surface area contributed by atoms with Crippen molar-refractivity contribution in [3.05, 3.63) is 114 Å². The van der Waals surface area contributed by atoms with Crippen molar-refractivity contribution in [2.24, 2.45) is 0 Å². The molecular weight excluding hydrogens is 398 g/mol. The molecular formula is C23H18BrNSi. The van der Waals surface area contributed by atoms with E-state index in [4.69, 9.17) is 4.98 Å². The second-order valence-corrected chi connectivity index (χ2v) is 10.9. The van der Waals surface area contributed by atoms with E-state index in [1.54, 1.807) is 0 Å². The van der Waals surface area contributed by atoms with Gasteiger partial charge in [-0.1, -0.05) is 91.0 Å². The summed E-state index contributed by atoms with van der Waals surface area (Å²) in [4.78, 5) is 4.89. The van der Waals surface area contributed by atoms with Gasteiger partial charge < -0.3 is 0 Å². The lowest BCUT2D eigenvalue weighted by atomic mass is 10.3. The van der Waals surface area contributed by atoms with Crippen LogP contribution in [0.5, 0.6) is 0 Å². The average molecular weight is 416 g/mol. The number of hydrogen-bond donors (Lipinski definition) is 0. The van der Waals surface area contributed by atoms with Crippen molar-refractivity contribution in [3.8, 4) is 0 Å². The molecule has 0 spiro atoms. The highest BCUT2D eigenvalue weighted by Gasteiger charge is 2.42. The molecule has 0 atom stereocenters. The summed E-state index contributed by atoms with van der Waals surface area (Å²) in [6.07, 6.45) is 1.91. The van der Waals surface area contributed by atoms with Crippen molar-refractivity contribution in [1.82, 2.24) is 4.98 Å². The van der Waals surface area contributed by atoms with Gasteiger partial charge in [-0.15, -0.1) is 0 Å². The largest absolute Gasteiger partial charge is 0.264 e. The molecule has 26 heavy (non-hydrogen) atoms. The van der Waals surface area contributed by atoms with Gasteiger partial charge in [-0.25, -0.2) is 0 Å². The molecule has 1 aromatic heterocycles. The Kier molecular flexibility index (Phi) is 4.82. The molecule has 0 radical (unpaired) electrons. The van der Waals surface area contributed by atoms with Gasteiger partial charge in [0.1, 0.15) is 0 Å². The molecule has 3 aromatic carbocycles. The monoisotopic (exact) mass is 415 g/mol. The first-order valence-corrected chi connectivity index (χ1v) is 11.4. The van der Waals surface area contributed by atoms with Crippen LogP contribution in [0.2, 0.25) is 0 Å². The SMILES string of the molecule is Brc1ccc([Si](c2ccccc2)(c2ccccc2)c2ccccc2)nc1. The minimum absolute atomic E-state index is 0.998. The molecule has 0 unspecified atom stereocenters. The molecule has 1 nitrogen and oxygen atoms in total. The zero-order valence-electron chi connectivity index (χ0n) is 14.2. The van der Waals surface area contributed by atoms with Crippen LogP contribution in [0.25, 0.3) is 0 Å². The average Bonchev–Trinajstić information content (AvgIpc) is 2.72. The number of hydrogen-bond acceptors (Lipinski definition) is 1. The van der Waals surface area contributed by atoms with E-state index in [0.717, 1.165) is 9.79 Å². The molecule has 0 aliphatic carbocycles. The number of aromatic nitrogens is 1. The zero-order chi connectivity index (χ0) is 17.8. The lowest BCUT2D eigenvalue weighted by molar-refractivity contribution is 1.35. The summed E-state index contributed by atoms with van der Waals surface area (Å²) in [7, 11) is -2.45. The molecule has 0 N–H and O–H groups in total. The van der Waals surface area contributed by atoms with E-state index in [2.05, 4.69) is 119 Å². The Bertz CT molecular complexity index is 874. The second-order valence-electron chi connectivity index (χ2n) is 6.21. The first-order valence-electron chi connectivity index (χ1n) is 8.60. The fourth-order valence-corrected chi connectivity index (χ4v) is 8.40. The summed E-state index contributed by atoms with van der Waals surface area (Å²) in [6, 6.07) is 36.7. The molecule has 0 aliphatic rings. The van der Waals surface area contributed by atoms with E-state index in [1.165, 1.54) is 15.6 Å². The normalized spacial score (nSPS) is 11.3. The van der Waals surface area contributed by atoms with Crippen molar-refractivity contribution in [2.45, 2.75) is 0 Å². The van der Waals surface area contributed by atoms with Crippen molar-refractivity contribution in [3.63, 3.8) is 0 Å². The van der Waals surface area contributed by atoms with Crippen molar-refractivity contribution >= 4 is 44.9 Å². The standard InChI is InChI=1S/C23H18BrNSi/c24-19-16-17-23(25-18-19)26(20-10-4-1-5-11-20,21-12-6-2-7-13-21)22-14-8-3-9-15-22/h1-18H. The number of nitrogens with zero attached hydrogens (tertiary/aromatic N) is 1. The molecule has 0 fully saturated rings. The number of rotatable bonds is 4.